The molecule has 2 aromatic rings. The number of alkyl carbamates (subject to hydrolysis) is 1. The Morgan fingerprint density at radius 1 is 1.23 bits per heavy atom. The van der Waals surface area contributed by atoms with Crippen LogP contribution in [0.25, 0.3) is 0 Å². The summed E-state index contributed by atoms with van der Waals surface area (Å²) in [5.41, 5.74) is -0.342. The van der Waals surface area contributed by atoms with Crippen molar-refractivity contribution in [3.63, 3.8) is 0 Å². The van der Waals surface area contributed by atoms with Crippen LogP contribution in [0.2, 0.25) is 0 Å². The highest BCUT2D eigenvalue weighted by molar-refractivity contribution is 5.97. The molecule has 0 radical (unpaired) electrons. The third-order valence-electron chi connectivity index (χ3n) is 7.94. The van der Waals surface area contributed by atoms with Gasteiger partial charge in [0.1, 0.15) is 6.10 Å². The molecule has 3 N–H and O–H groups in total. The number of aromatic nitrogens is 2. The third-order valence-corrected chi connectivity index (χ3v) is 7.94. The van der Waals surface area contributed by atoms with Crippen LogP contribution in [0.3, 0.4) is 0 Å². The molecule has 1 unspecified atom stereocenters. The molecule has 2 aliphatic carbocycles. The lowest BCUT2D eigenvalue weighted by Crippen LogP contribution is -2.36. The Labute approximate surface area is 223 Å². The molecule has 0 bridgehead atoms. The second kappa shape index (κ2) is 10.2. The topological polar surface area (TPSA) is 116 Å². The maximum Gasteiger partial charge on any atom is 0.416 e. The van der Waals surface area contributed by atoms with Crippen LogP contribution in [0.15, 0.2) is 24.3 Å². The minimum Gasteiger partial charge on any atom is -0.446 e. The fourth-order valence-corrected chi connectivity index (χ4v) is 5.31. The molecule has 9 nitrogen and oxygen atoms in total. The highest BCUT2D eigenvalue weighted by Gasteiger charge is 2.40. The molecule has 1 aromatic carbocycles. The number of nitrogens with one attached hydrogen (secondary N) is 3. The molecule has 1 saturated heterocycles. The number of rotatable bonds is 7. The molecule has 0 spiro atoms. The minimum atomic E-state index is -4.70. The number of ether oxygens (including phenoxy) is 1. The second-order valence-corrected chi connectivity index (χ2v) is 11.1. The number of amides is 3. The van der Waals surface area contributed by atoms with Gasteiger partial charge in [-0.1, -0.05) is 6.07 Å². The zero-order valence-electron chi connectivity index (χ0n) is 21.9. The number of benzene rings is 1. The van der Waals surface area contributed by atoms with Crippen LogP contribution >= 0.6 is 0 Å². The van der Waals surface area contributed by atoms with Gasteiger partial charge in [-0.2, -0.15) is 18.3 Å². The van der Waals surface area contributed by atoms with E-state index in [0.29, 0.717) is 32.2 Å². The standard InChI is InChI=1S/C27H32F3N5O4/c1-15(19-8-6-17(13-20(19)27(28,29)30)35-11-3-4-23(35)36)24(37)31-22-14-21(33-34-22)16-5-7-18(12-16)39-25(38)32-26(2)9-10-26/h6,8,13-16,18H,3-5,7,9-12H2,1-2H3,(H,32,38)(H2,31,33,34,37)/t15?,16-,18-/m0/s1. The Hall–Kier alpha value is -3.57. The molecule has 3 fully saturated rings. The van der Waals surface area contributed by atoms with E-state index in [9.17, 15) is 27.6 Å². The molecule has 12 heteroatoms. The number of aromatic amines is 1. The number of hydrogen-bond donors (Lipinski definition) is 3. The molecule has 2 heterocycles. The van der Waals surface area contributed by atoms with Crippen LogP contribution in [0.5, 0.6) is 0 Å². The normalized spacial score (nSPS) is 23.0. The average molecular weight is 548 g/mol. The van der Waals surface area contributed by atoms with Crippen molar-refractivity contribution in [3.05, 3.63) is 41.1 Å². The van der Waals surface area contributed by atoms with Gasteiger partial charge in [0.25, 0.3) is 0 Å². The molecule has 3 amide bonds. The number of hydrogen-bond acceptors (Lipinski definition) is 5. The van der Waals surface area contributed by atoms with Gasteiger partial charge in [-0.25, -0.2) is 4.79 Å². The van der Waals surface area contributed by atoms with Gasteiger partial charge in [-0.15, -0.1) is 0 Å². The Morgan fingerprint density at radius 2 is 2.00 bits per heavy atom. The van der Waals surface area contributed by atoms with Crippen LogP contribution in [0, 0.1) is 0 Å². The van der Waals surface area contributed by atoms with Gasteiger partial charge in [-0.05, 0) is 70.1 Å². The quantitative estimate of drug-likeness (QED) is 0.440. The van der Waals surface area contributed by atoms with Gasteiger partial charge in [0, 0.05) is 41.9 Å². The Bertz CT molecular complexity index is 1270. The van der Waals surface area contributed by atoms with E-state index < -0.39 is 29.7 Å². The first kappa shape index (κ1) is 27.0. The van der Waals surface area contributed by atoms with Gasteiger partial charge >= 0.3 is 12.3 Å². The molecule has 39 heavy (non-hydrogen) atoms. The number of carbonyl (C=O) groups is 3. The number of anilines is 2. The maximum atomic E-state index is 13.9. The smallest absolute Gasteiger partial charge is 0.416 e. The first-order chi connectivity index (χ1) is 18.4. The van der Waals surface area contributed by atoms with Crippen LogP contribution < -0.4 is 15.5 Å². The number of carbonyl (C=O) groups excluding carboxylic acids is 3. The summed E-state index contributed by atoms with van der Waals surface area (Å²) in [7, 11) is 0. The molecule has 1 aromatic heterocycles. The Kier molecular flexibility index (Phi) is 7.06. The summed E-state index contributed by atoms with van der Waals surface area (Å²) in [6.45, 7) is 3.75. The zero-order chi connectivity index (χ0) is 27.9. The predicted octanol–water partition coefficient (Wildman–Crippen LogP) is 5.21. The van der Waals surface area contributed by atoms with Crippen molar-refractivity contribution < 1.29 is 32.3 Å². The lowest BCUT2D eigenvalue weighted by Gasteiger charge is -2.22. The van der Waals surface area contributed by atoms with Gasteiger partial charge in [0.2, 0.25) is 11.8 Å². The summed E-state index contributed by atoms with van der Waals surface area (Å²) >= 11 is 0. The molecule has 1 aliphatic heterocycles. The van der Waals surface area contributed by atoms with Crippen molar-refractivity contribution in [2.24, 2.45) is 0 Å². The van der Waals surface area contributed by atoms with E-state index >= 15 is 0 Å². The molecular weight excluding hydrogens is 515 g/mol. The molecule has 2 saturated carbocycles. The minimum absolute atomic E-state index is 0.0487. The summed E-state index contributed by atoms with van der Waals surface area (Å²) in [4.78, 5) is 38.4. The monoisotopic (exact) mass is 547 g/mol. The van der Waals surface area contributed by atoms with Crippen molar-refractivity contribution in [2.75, 3.05) is 16.8 Å². The van der Waals surface area contributed by atoms with Gasteiger partial charge < -0.3 is 20.3 Å². The Balaban J connectivity index is 1.22. The van der Waals surface area contributed by atoms with Crippen LogP contribution in [0.4, 0.5) is 29.5 Å². The first-order valence-electron chi connectivity index (χ1n) is 13.3. The second-order valence-electron chi connectivity index (χ2n) is 11.1. The van der Waals surface area contributed by atoms with E-state index in [2.05, 4.69) is 20.8 Å². The van der Waals surface area contributed by atoms with E-state index in [1.54, 1.807) is 6.07 Å². The van der Waals surface area contributed by atoms with E-state index in [-0.39, 0.29) is 40.5 Å². The highest BCUT2D eigenvalue weighted by atomic mass is 19.4. The highest BCUT2D eigenvalue weighted by Crippen LogP contribution is 2.40. The Morgan fingerprint density at radius 3 is 2.67 bits per heavy atom. The summed E-state index contributed by atoms with van der Waals surface area (Å²) < 4.78 is 47.4. The summed E-state index contributed by atoms with van der Waals surface area (Å²) in [5.74, 6) is -1.72. The predicted molar refractivity (Wildman–Crippen MR) is 136 cm³/mol. The summed E-state index contributed by atoms with van der Waals surface area (Å²) in [6.07, 6.45) is -0.477. The number of nitrogens with zero attached hydrogens (tertiary/aromatic N) is 2. The molecule has 3 aliphatic rings. The molecule has 5 rings (SSSR count). The number of H-pyrrole nitrogens is 1. The number of halogens is 3. The SMILES string of the molecule is CC(C(=O)Nc1cc([C@H]2CC[C@H](OC(=O)NC3(C)CC3)C2)[nH]n1)c1ccc(N2CCCC2=O)cc1C(F)(F)F. The zero-order valence-corrected chi connectivity index (χ0v) is 21.9. The largest absolute Gasteiger partial charge is 0.446 e. The van der Waals surface area contributed by atoms with Crippen molar-refractivity contribution >= 4 is 29.4 Å². The van der Waals surface area contributed by atoms with E-state index in [4.69, 9.17) is 4.74 Å². The van der Waals surface area contributed by atoms with E-state index in [1.807, 2.05) is 6.92 Å². The van der Waals surface area contributed by atoms with Gasteiger partial charge in [-0.3, -0.25) is 14.7 Å². The number of alkyl halides is 3. The fraction of sp³-hybridized carbons (Fsp3) is 0.556. The lowest BCUT2D eigenvalue weighted by atomic mass is 9.93. The summed E-state index contributed by atoms with van der Waals surface area (Å²) in [6, 6.07) is 5.32. The van der Waals surface area contributed by atoms with Crippen LogP contribution in [-0.2, 0) is 20.5 Å². The molecular formula is C27H32F3N5O4. The van der Waals surface area contributed by atoms with Crippen molar-refractivity contribution in [1.29, 1.82) is 0 Å². The molecule has 3 atom stereocenters. The van der Waals surface area contributed by atoms with E-state index in [1.165, 1.54) is 24.0 Å². The van der Waals surface area contributed by atoms with Crippen molar-refractivity contribution in [2.45, 2.75) is 88.4 Å². The summed E-state index contributed by atoms with van der Waals surface area (Å²) in [5, 5.41) is 12.5. The lowest BCUT2D eigenvalue weighted by molar-refractivity contribution is -0.138. The van der Waals surface area contributed by atoms with Crippen LogP contribution in [0.1, 0.15) is 87.4 Å². The first-order valence-corrected chi connectivity index (χ1v) is 13.3. The molecule has 210 valence electrons. The van der Waals surface area contributed by atoms with Crippen LogP contribution in [-0.4, -0.2) is 46.3 Å². The van der Waals surface area contributed by atoms with E-state index in [0.717, 1.165) is 31.0 Å². The fourth-order valence-electron chi connectivity index (χ4n) is 5.31. The van der Waals surface area contributed by atoms with Crippen molar-refractivity contribution in [1.82, 2.24) is 15.5 Å². The average Bonchev–Trinajstić information content (AvgIpc) is 3.28. The van der Waals surface area contributed by atoms with Gasteiger partial charge in [0.15, 0.2) is 5.82 Å². The van der Waals surface area contributed by atoms with Gasteiger partial charge in [0.05, 0.1) is 11.5 Å². The third kappa shape index (κ3) is 6.04. The van der Waals surface area contributed by atoms with Crippen molar-refractivity contribution in [3.8, 4) is 0 Å². The maximum absolute atomic E-state index is 13.9.